The maximum atomic E-state index is 12.9. The van der Waals surface area contributed by atoms with Gasteiger partial charge in [0, 0.05) is 16.2 Å². The van der Waals surface area contributed by atoms with E-state index in [0.717, 1.165) is 19.5 Å². The van der Waals surface area contributed by atoms with Crippen LogP contribution in [0.4, 0.5) is 4.39 Å². The molecule has 1 heterocycles. The summed E-state index contributed by atoms with van der Waals surface area (Å²) < 4.78 is 13.5. The van der Waals surface area contributed by atoms with Crippen LogP contribution >= 0.6 is 35.0 Å². The lowest BCUT2D eigenvalue weighted by atomic mass is 10.2. The summed E-state index contributed by atoms with van der Waals surface area (Å²) in [7, 11) is 0. The second-order valence-electron chi connectivity index (χ2n) is 3.79. The summed E-state index contributed by atoms with van der Waals surface area (Å²) in [5, 5.41) is 6.10. The Morgan fingerprint density at radius 1 is 1.53 bits per heavy atom. The van der Waals surface area contributed by atoms with Crippen LogP contribution in [0.1, 0.15) is 16.8 Å². The Kier molecular flexibility index (Phi) is 5.61. The van der Waals surface area contributed by atoms with Crippen molar-refractivity contribution >= 4 is 40.9 Å². The van der Waals surface area contributed by atoms with Gasteiger partial charge in [-0.05, 0) is 53.8 Å². The minimum atomic E-state index is -0.316. The fraction of sp³-hybridized carbons (Fsp3) is 0.364. The van der Waals surface area contributed by atoms with E-state index in [-0.39, 0.29) is 30.2 Å². The first kappa shape index (κ1) is 14.7. The number of halogens is 3. The van der Waals surface area contributed by atoms with Gasteiger partial charge in [-0.15, -0.1) is 12.4 Å². The van der Waals surface area contributed by atoms with Gasteiger partial charge in [0.25, 0.3) is 5.91 Å². The summed E-state index contributed by atoms with van der Waals surface area (Å²) in [6.45, 7) is 1.75. The van der Waals surface area contributed by atoms with Gasteiger partial charge in [-0.2, -0.15) is 0 Å². The standard InChI is InChI=1S/C11H12FIN2O.ClH/c12-7-1-2-9(10(13)5-7)11(16)15-8-3-4-14-6-8;/h1-2,5,8,14H,3-4,6H2,(H,15,16);1H. The van der Waals surface area contributed by atoms with Crippen molar-refractivity contribution in [1.82, 2.24) is 10.6 Å². The van der Waals surface area contributed by atoms with Gasteiger partial charge < -0.3 is 10.6 Å². The first-order chi connectivity index (χ1) is 7.66. The molecule has 0 saturated carbocycles. The van der Waals surface area contributed by atoms with Gasteiger partial charge in [0.1, 0.15) is 5.82 Å². The van der Waals surface area contributed by atoms with E-state index in [2.05, 4.69) is 10.6 Å². The number of rotatable bonds is 2. The van der Waals surface area contributed by atoms with Gasteiger partial charge in [0.2, 0.25) is 0 Å². The molecule has 0 aliphatic carbocycles. The number of hydrogen-bond donors (Lipinski definition) is 2. The summed E-state index contributed by atoms with van der Waals surface area (Å²) in [4.78, 5) is 11.9. The van der Waals surface area contributed by atoms with Gasteiger partial charge >= 0.3 is 0 Å². The van der Waals surface area contributed by atoms with Crippen molar-refractivity contribution in [3.63, 3.8) is 0 Å². The molecule has 2 rings (SSSR count). The molecule has 0 aromatic heterocycles. The number of benzene rings is 1. The van der Waals surface area contributed by atoms with Crippen LogP contribution in [0.15, 0.2) is 18.2 Å². The average molecular weight is 371 g/mol. The first-order valence-corrected chi connectivity index (χ1v) is 6.21. The SMILES string of the molecule is Cl.O=C(NC1CCNC1)c1ccc(F)cc1I. The Morgan fingerprint density at radius 3 is 2.88 bits per heavy atom. The third-order valence-electron chi connectivity index (χ3n) is 2.57. The summed E-state index contributed by atoms with van der Waals surface area (Å²) in [5.41, 5.74) is 0.536. The molecule has 1 atom stereocenters. The minimum Gasteiger partial charge on any atom is -0.348 e. The van der Waals surface area contributed by atoms with Gasteiger partial charge in [0.15, 0.2) is 0 Å². The van der Waals surface area contributed by atoms with E-state index in [9.17, 15) is 9.18 Å². The largest absolute Gasteiger partial charge is 0.348 e. The molecule has 6 heteroatoms. The molecule has 1 aromatic carbocycles. The monoisotopic (exact) mass is 370 g/mol. The molecule has 1 aliphatic heterocycles. The maximum absolute atomic E-state index is 12.9. The van der Waals surface area contributed by atoms with Crippen molar-refractivity contribution in [2.24, 2.45) is 0 Å². The van der Waals surface area contributed by atoms with E-state index < -0.39 is 0 Å². The van der Waals surface area contributed by atoms with E-state index in [0.29, 0.717) is 9.13 Å². The predicted octanol–water partition coefficient (Wildman–Crippen LogP) is 1.94. The molecule has 17 heavy (non-hydrogen) atoms. The third-order valence-corrected chi connectivity index (χ3v) is 3.46. The van der Waals surface area contributed by atoms with E-state index in [4.69, 9.17) is 0 Å². The lowest BCUT2D eigenvalue weighted by Crippen LogP contribution is -2.36. The van der Waals surface area contributed by atoms with E-state index in [1.807, 2.05) is 22.6 Å². The van der Waals surface area contributed by atoms with Crippen LogP contribution < -0.4 is 10.6 Å². The second-order valence-corrected chi connectivity index (χ2v) is 4.95. The van der Waals surface area contributed by atoms with Gasteiger partial charge in [0.05, 0.1) is 5.56 Å². The normalized spacial score (nSPS) is 18.6. The van der Waals surface area contributed by atoms with Crippen LogP contribution in [0.3, 0.4) is 0 Å². The Hall–Kier alpha value is -0.400. The zero-order chi connectivity index (χ0) is 11.5. The van der Waals surface area contributed by atoms with Crippen molar-refractivity contribution in [2.45, 2.75) is 12.5 Å². The zero-order valence-electron chi connectivity index (χ0n) is 9.00. The summed E-state index contributed by atoms with van der Waals surface area (Å²) >= 11 is 1.97. The first-order valence-electron chi connectivity index (χ1n) is 5.13. The lowest BCUT2D eigenvalue weighted by molar-refractivity contribution is 0.0939. The lowest BCUT2D eigenvalue weighted by Gasteiger charge is -2.12. The maximum Gasteiger partial charge on any atom is 0.252 e. The molecular weight excluding hydrogens is 357 g/mol. The van der Waals surface area contributed by atoms with Crippen molar-refractivity contribution in [2.75, 3.05) is 13.1 Å². The molecule has 0 radical (unpaired) electrons. The van der Waals surface area contributed by atoms with Gasteiger partial charge in [-0.25, -0.2) is 4.39 Å². The Bertz CT molecular complexity index is 410. The zero-order valence-corrected chi connectivity index (χ0v) is 12.0. The number of hydrogen-bond acceptors (Lipinski definition) is 2. The van der Waals surface area contributed by atoms with Crippen LogP contribution in [-0.4, -0.2) is 25.0 Å². The van der Waals surface area contributed by atoms with Gasteiger partial charge in [-0.3, -0.25) is 4.79 Å². The van der Waals surface area contributed by atoms with Crippen LogP contribution in [0.5, 0.6) is 0 Å². The molecule has 0 spiro atoms. The fourth-order valence-corrected chi connectivity index (χ4v) is 2.44. The quantitative estimate of drug-likeness (QED) is 0.781. The summed E-state index contributed by atoms with van der Waals surface area (Å²) in [5.74, 6) is -0.443. The second kappa shape index (κ2) is 6.51. The molecule has 1 aromatic rings. The predicted molar refractivity (Wildman–Crippen MR) is 75.1 cm³/mol. The average Bonchev–Trinajstić information content (AvgIpc) is 2.70. The molecule has 1 saturated heterocycles. The molecule has 0 bridgehead atoms. The highest BCUT2D eigenvalue weighted by molar-refractivity contribution is 14.1. The molecule has 1 unspecified atom stereocenters. The summed E-state index contributed by atoms with van der Waals surface area (Å²) in [6, 6.07) is 4.38. The Balaban J connectivity index is 0.00000144. The summed E-state index contributed by atoms with van der Waals surface area (Å²) in [6.07, 6.45) is 0.948. The number of nitrogens with one attached hydrogen (secondary N) is 2. The third kappa shape index (κ3) is 3.79. The van der Waals surface area contributed by atoms with Crippen molar-refractivity contribution < 1.29 is 9.18 Å². The number of amides is 1. The van der Waals surface area contributed by atoms with Crippen molar-refractivity contribution in [1.29, 1.82) is 0 Å². The van der Waals surface area contributed by atoms with Crippen molar-refractivity contribution in [3.05, 3.63) is 33.1 Å². The van der Waals surface area contributed by atoms with E-state index >= 15 is 0 Å². The van der Waals surface area contributed by atoms with Crippen LogP contribution in [0.25, 0.3) is 0 Å². The molecule has 1 amide bonds. The van der Waals surface area contributed by atoms with Crippen molar-refractivity contribution in [3.8, 4) is 0 Å². The Labute approximate surface area is 119 Å². The molecule has 3 nitrogen and oxygen atoms in total. The minimum absolute atomic E-state index is 0. The molecule has 1 aliphatic rings. The number of carbonyl (C=O) groups excluding carboxylic acids is 1. The Morgan fingerprint density at radius 2 is 2.29 bits per heavy atom. The van der Waals surface area contributed by atoms with Crippen LogP contribution in [0, 0.1) is 9.39 Å². The fourth-order valence-electron chi connectivity index (χ4n) is 1.71. The van der Waals surface area contributed by atoms with E-state index in [1.165, 1.54) is 18.2 Å². The highest BCUT2D eigenvalue weighted by Crippen LogP contribution is 2.14. The van der Waals surface area contributed by atoms with Gasteiger partial charge in [-0.1, -0.05) is 0 Å². The number of carbonyl (C=O) groups is 1. The molecule has 94 valence electrons. The van der Waals surface area contributed by atoms with Crippen LogP contribution in [-0.2, 0) is 0 Å². The van der Waals surface area contributed by atoms with E-state index in [1.54, 1.807) is 0 Å². The highest BCUT2D eigenvalue weighted by atomic mass is 127. The van der Waals surface area contributed by atoms with Crippen LogP contribution in [0.2, 0.25) is 0 Å². The highest BCUT2D eigenvalue weighted by Gasteiger charge is 2.18. The topological polar surface area (TPSA) is 41.1 Å². The molecular formula is C11H13ClFIN2O. The smallest absolute Gasteiger partial charge is 0.252 e. The molecule has 1 fully saturated rings. The molecule has 2 N–H and O–H groups in total.